The molecule has 3 aromatic rings. The van der Waals surface area contributed by atoms with Gasteiger partial charge in [0.15, 0.2) is 5.82 Å². The van der Waals surface area contributed by atoms with Crippen molar-refractivity contribution in [3.05, 3.63) is 42.0 Å². The first-order valence-corrected chi connectivity index (χ1v) is 12.6. The van der Waals surface area contributed by atoms with Gasteiger partial charge in [0, 0.05) is 57.0 Å². The van der Waals surface area contributed by atoms with E-state index < -0.39 is 6.03 Å². The van der Waals surface area contributed by atoms with Gasteiger partial charge in [0.2, 0.25) is 5.95 Å². The molecular weight excluding hydrogens is 456 g/mol. The second-order valence-electron chi connectivity index (χ2n) is 9.66. The van der Waals surface area contributed by atoms with E-state index in [-0.39, 0.29) is 12.1 Å². The lowest BCUT2D eigenvalue weighted by atomic mass is 10.0. The minimum Gasteiger partial charge on any atom is -0.378 e. The molecule has 2 atom stereocenters. The Hall–Kier alpha value is -3.89. The number of rotatable bonds is 9. The molecule has 4 heterocycles. The van der Waals surface area contributed by atoms with Crippen LogP contribution in [0.3, 0.4) is 0 Å². The Balaban J connectivity index is 1.51. The number of carbonyl (C=O) groups excluding carboxylic acids is 1. The van der Waals surface area contributed by atoms with Crippen LogP contribution in [-0.2, 0) is 0 Å². The highest BCUT2D eigenvalue weighted by atomic mass is 16.2. The third-order valence-corrected chi connectivity index (χ3v) is 7.10. The zero-order chi connectivity index (χ0) is 25.2. The van der Waals surface area contributed by atoms with Crippen LogP contribution >= 0.6 is 0 Å². The number of aromatic nitrogens is 4. The summed E-state index contributed by atoms with van der Waals surface area (Å²) in [5.41, 5.74) is 8.83. The maximum absolute atomic E-state index is 11.6. The summed E-state index contributed by atoms with van der Waals surface area (Å²) in [6.45, 7) is 6.44. The lowest BCUT2D eigenvalue weighted by Crippen LogP contribution is -2.51. The number of piperazine rings is 1. The van der Waals surface area contributed by atoms with Crippen molar-refractivity contribution in [2.24, 2.45) is 11.7 Å². The molecule has 1 saturated carbocycles. The number of pyridine rings is 1. The van der Waals surface area contributed by atoms with Crippen LogP contribution in [-0.4, -0.2) is 68.7 Å². The highest BCUT2D eigenvalue weighted by Crippen LogP contribution is 2.44. The summed E-state index contributed by atoms with van der Waals surface area (Å²) in [7, 11) is 0. The predicted octanol–water partition coefficient (Wildman–Crippen LogP) is 3.10. The number of urea groups is 1. The predicted molar refractivity (Wildman–Crippen MR) is 141 cm³/mol. The molecule has 11 heteroatoms. The first kappa shape index (κ1) is 23.8. The molecule has 1 unspecified atom stereocenters. The average molecular weight is 491 g/mol. The first-order chi connectivity index (χ1) is 17.5. The van der Waals surface area contributed by atoms with E-state index in [0.29, 0.717) is 49.6 Å². The fraction of sp³-hybridized carbons (Fsp3) is 0.480. The second-order valence-corrected chi connectivity index (χ2v) is 9.66. The minimum absolute atomic E-state index is 0.0716. The number of nitrogens with two attached hydrogens (primary N) is 1. The number of amides is 2. The van der Waals surface area contributed by atoms with E-state index in [2.05, 4.69) is 41.7 Å². The van der Waals surface area contributed by atoms with E-state index in [1.807, 2.05) is 21.6 Å². The van der Waals surface area contributed by atoms with Gasteiger partial charge in [-0.2, -0.15) is 4.98 Å². The van der Waals surface area contributed by atoms with Gasteiger partial charge in [-0.15, -0.1) is 0 Å². The molecule has 2 fully saturated rings. The van der Waals surface area contributed by atoms with E-state index in [1.165, 1.54) is 11.8 Å². The number of nitrogens with zero attached hydrogens (tertiary/aromatic N) is 6. The number of hydrogen-bond acceptors (Lipinski definition) is 8. The van der Waals surface area contributed by atoms with Crippen LogP contribution in [0.4, 0.5) is 22.2 Å². The van der Waals surface area contributed by atoms with Crippen LogP contribution < -0.4 is 21.3 Å². The Morgan fingerprint density at radius 2 is 2.00 bits per heavy atom. The van der Waals surface area contributed by atoms with Crippen molar-refractivity contribution in [3.8, 4) is 0 Å². The molecule has 2 amide bonds. The summed E-state index contributed by atoms with van der Waals surface area (Å²) in [4.78, 5) is 29.3. The molecule has 0 radical (unpaired) electrons. The van der Waals surface area contributed by atoms with Crippen LogP contribution in [0.25, 0.3) is 5.65 Å². The molecule has 5 N–H and O–H groups in total. The molecule has 5 rings (SSSR count). The van der Waals surface area contributed by atoms with Crippen LogP contribution in [0.15, 0.2) is 30.7 Å². The fourth-order valence-electron chi connectivity index (χ4n) is 4.61. The van der Waals surface area contributed by atoms with Crippen LogP contribution in [0.1, 0.15) is 50.4 Å². The summed E-state index contributed by atoms with van der Waals surface area (Å²) in [6.07, 6.45) is 10.4. The first-order valence-electron chi connectivity index (χ1n) is 12.6. The Kier molecular flexibility index (Phi) is 6.62. The third-order valence-electron chi connectivity index (χ3n) is 7.10. The van der Waals surface area contributed by atoms with Crippen molar-refractivity contribution in [2.45, 2.75) is 45.2 Å². The second kappa shape index (κ2) is 10.00. The normalized spacial score (nSPS) is 17.6. The molecule has 0 spiro atoms. The zero-order valence-electron chi connectivity index (χ0n) is 20.8. The van der Waals surface area contributed by atoms with Crippen molar-refractivity contribution >= 4 is 35.3 Å². The van der Waals surface area contributed by atoms with E-state index in [1.54, 1.807) is 11.1 Å². The molecule has 1 aliphatic heterocycles. The molecule has 1 aliphatic carbocycles. The topological polar surface area (TPSA) is 141 Å². The SMILES string of the molecule is CC[C@H](C)Nc1c(C=N)nc(N2CCN(C(N)=O)CC2)nc1NC(c1ccc2nccn2c1)C1CC1. The monoisotopic (exact) mass is 490 g/mol. The van der Waals surface area contributed by atoms with Gasteiger partial charge in [-0.3, -0.25) is 0 Å². The summed E-state index contributed by atoms with van der Waals surface area (Å²) >= 11 is 0. The number of hydrogen-bond donors (Lipinski definition) is 4. The Morgan fingerprint density at radius 3 is 2.67 bits per heavy atom. The number of primary amides is 1. The quantitative estimate of drug-likeness (QED) is 0.338. The maximum atomic E-state index is 11.6. The molecule has 11 nitrogen and oxygen atoms in total. The zero-order valence-corrected chi connectivity index (χ0v) is 20.8. The summed E-state index contributed by atoms with van der Waals surface area (Å²) in [6, 6.07) is 4.02. The molecule has 0 bridgehead atoms. The van der Waals surface area contributed by atoms with E-state index in [0.717, 1.165) is 30.6 Å². The number of imidazole rings is 1. The minimum atomic E-state index is -0.409. The average Bonchev–Trinajstić information content (AvgIpc) is 3.63. The standard InChI is InChI=1S/C25H34N10O/c1-3-16(2)29-22-19(14-26)30-25(34-12-10-33(11-13-34)24(27)36)32-23(22)31-21(17-4-5-17)18-6-7-20-28-8-9-35(20)15-18/h6-9,14-17,21,26,29H,3-5,10-13H2,1-2H3,(H2,27,36)(H,30,31,32)/t16-,21?/m0/s1. The van der Waals surface area contributed by atoms with Crippen LogP contribution in [0, 0.1) is 11.3 Å². The van der Waals surface area contributed by atoms with Crippen molar-refractivity contribution in [1.29, 1.82) is 5.41 Å². The molecule has 36 heavy (non-hydrogen) atoms. The van der Waals surface area contributed by atoms with Gasteiger partial charge in [-0.25, -0.2) is 14.8 Å². The van der Waals surface area contributed by atoms with E-state index in [9.17, 15) is 4.79 Å². The van der Waals surface area contributed by atoms with E-state index in [4.69, 9.17) is 21.1 Å². The summed E-state index contributed by atoms with van der Waals surface area (Å²) in [5.74, 6) is 1.75. The maximum Gasteiger partial charge on any atom is 0.314 e. The highest BCUT2D eigenvalue weighted by molar-refractivity contribution is 5.89. The molecule has 0 aromatic carbocycles. The third kappa shape index (κ3) is 4.91. The van der Waals surface area contributed by atoms with Gasteiger partial charge in [-0.1, -0.05) is 13.0 Å². The molecular formula is C25H34N10O. The number of anilines is 3. The lowest BCUT2D eigenvalue weighted by molar-refractivity contribution is 0.204. The van der Waals surface area contributed by atoms with Crippen molar-refractivity contribution in [3.63, 3.8) is 0 Å². The fourth-order valence-corrected chi connectivity index (χ4v) is 4.61. The Morgan fingerprint density at radius 1 is 1.22 bits per heavy atom. The summed E-state index contributed by atoms with van der Waals surface area (Å²) in [5, 5.41) is 15.4. The van der Waals surface area contributed by atoms with Crippen molar-refractivity contribution in [2.75, 3.05) is 41.7 Å². The van der Waals surface area contributed by atoms with Crippen LogP contribution in [0.2, 0.25) is 0 Å². The largest absolute Gasteiger partial charge is 0.378 e. The van der Waals surface area contributed by atoms with Gasteiger partial charge in [0.05, 0.1) is 6.04 Å². The Labute approximate surface area is 210 Å². The molecule has 190 valence electrons. The van der Waals surface area contributed by atoms with Crippen molar-refractivity contribution in [1.82, 2.24) is 24.3 Å². The smallest absolute Gasteiger partial charge is 0.314 e. The molecule has 3 aromatic heterocycles. The number of carbonyl (C=O) groups is 1. The van der Waals surface area contributed by atoms with Crippen molar-refractivity contribution < 1.29 is 4.79 Å². The van der Waals surface area contributed by atoms with Gasteiger partial charge < -0.3 is 36.0 Å². The Bertz CT molecular complexity index is 1240. The summed E-state index contributed by atoms with van der Waals surface area (Å²) < 4.78 is 2.04. The molecule has 1 saturated heterocycles. The number of nitrogens with one attached hydrogen (secondary N) is 3. The van der Waals surface area contributed by atoms with Gasteiger partial charge in [-0.05, 0) is 43.7 Å². The van der Waals surface area contributed by atoms with E-state index >= 15 is 0 Å². The van der Waals surface area contributed by atoms with Gasteiger partial charge >= 0.3 is 6.03 Å². The molecule has 2 aliphatic rings. The van der Waals surface area contributed by atoms with Gasteiger partial charge in [0.1, 0.15) is 17.0 Å². The van der Waals surface area contributed by atoms with Crippen LogP contribution in [0.5, 0.6) is 0 Å². The lowest BCUT2D eigenvalue weighted by Gasteiger charge is -2.34. The highest BCUT2D eigenvalue weighted by Gasteiger charge is 2.34. The van der Waals surface area contributed by atoms with Gasteiger partial charge in [0.25, 0.3) is 0 Å². The number of fused-ring (bicyclic) bond motifs is 1.